The SMILES string of the molecule is CCCCCCC(CC)CCC(C)N. The number of hydrogen-bond acceptors (Lipinski definition) is 1. The third-order valence-corrected chi connectivity index (χ3v) is 3.07. The van der Waals surface area contributed by atoms with E-state index in [1.165, 1.54) is 51.4 Å². The molecule has 0 aromatic carbocycles. The van der Waals surface area contributed by atoms with Crippen LogP contribution < -0.4 is 5.73 Å². The topological polar surface area (TPSA) is 26.0 Å². The van der Waals surface area contributed by atoms with Crippen molar-refractivity contribution in [1.82, 2.24) is 0 Å². The third kappa shape index (κ3) is 8.55. The fraction of sp³-hybridized carbons (Fsp3) is 1.00. The normalized spacial score (nSPS) is 15.4. The zero-order valence-corrected chi connectivity index (χ0v) is 10.4. The summed E-state index contributed by atoms with van der Waals surface area (Å²) >= 11 is 0. The fourth-order valence-corrected chi connectivity index (χ4v) is 1.91. The molecular formula is C13H29N. The second-order valence-electron chi connectivity index (χ2n) is 4.68. The molecule has 1 nitrogen and oxygen atoms in total. The van der Waals surface area contributed by atoms with Crippen LogP contribution in [-0.4, -0.2) is 6.04 Å². The summed E-state index contributed by atoms with van der Waals surface area (Å²) in [5.74, 6) is 0.929. The van der Waals surface area contributed by atoms with Crippen LogP contribution in [0, 0.1) is 5.92 Å². The number of nitrogens with two attached hydrogens (primary N) is 1. The van der Waals surface area contributed by atoms with E-state index < -0.39 is 0 Å². The molecule has 0 heterocycles. The average molecular weight is 199 g/mol. The molecule has 0 aliphatic heterocycles. The average Bonchev–Trinajstić information content (AvgIpc) is 2.16. The van der Waals surface area contributed by atoms with E-state index in [0.29, 0.717) is 6.04 Å². The Bertz CT molecular complexity index is 110. The second kappa shape index (κ2) is 9.51. The van der Waals surface area contributed by atoms with Crippen LogP contribution in [0.2, 0.25) is 0 Å². The van der Waals surface area contributed by atoms with Crippen molar-refractivity contribution in [2.75, 3.05) is 0 Å². The summed E-state index contributed by atoms with van der Waals surface area (Å²) in [4.78, 5) is 0. The van der Waals surface area contributed by atoms with Gasteiger partial charge in [0, 0.05) is 6.04 Å². The van der Waals surface area contributed by atoms with Gasteiger partial charge in [0.05, 0.1) is 0 Å². The van der Waals surface area contributed by atoms with Gasteiger partial charge in [0.1, 0.15) is 0 Å². The van der Waals surface area contributed by atoms with E-state index in [0.717, 1.165) is 5.92 Å². The summed E-state index contributed by atoms with van der Waals surface area (Å²) in [6.45, 7) is 6.70. The van der Waals surface area contributed by atoms with E-state index in [9.17, 15) is 0 Å². The highest BCUT2D eigenvalue weighted by molar-refractivity contribution is 4.62. The van der Waals surface area contributed by atoms with Crippen LogP contribution in [0.15, 0.2) is 0 Å². The van der Waals surface area contributed by atoms with E-state index in [1.54, 1.807) is 0 Å². The van der Waals surface area contributed by atoms with E-state index >= 15 is 0 Å². The van der Waals surface area contributed by atoms with Crippen molar-refractivity contribution in [3.8, 4) is 0 Å². The molecule has 86 valence electrons. The van der Waals surface area contributed by atoms with Crippen LogP contribution in [0.5, 0.6) is 0 Å². The van der Waals surface area contributed by atoms with Gasteiger partial charge in [-0.3, -0.25) is 0 Å². The minimum absolute atomic E-state index is 0.389. The van der Waals surface area contributed by atoms with Gasteiger partial charge in [0.25, 0.3) is 0 Å². The van der Waals surface area contributed by atoms with Crippen LogP contribution in [0.1, 0.15) is 72.1 Å². The van der Waals surface area contributed by atoms with Gasteiger partial charge in [-0.2, -0.15) is 0 Å². The molecule has 0 spiro atoms. The molecule has 0 aromatic heterocycles. The molecule has 2 N–H and O–H groups in total. The Kier molecular flexibility index (Phi) is 9.49. The van der Waals surface area contributed by atoms with Crippen molar-refractivity contribution in [2.45, 2.75) is 78.2 Å². The van der Waals surface area contributed by atoms with Crippen LogP contribution >= 0.6 is 0 Å². The van der Waals surface area contributed by atoms with Crippen molar-refractivity contribution in [3.63, 3.8) is 0 Å². The monoisotopic (exact) mass is 199 g/mol. The Morgan fingerprint density at radius 2 is 1.64 bits per heavy atom. The number of hydrogen-bond donors (Lipinski definition) is 1. The van der Waals surface area contributed by atoms with Gasteiger partial charge in [-0.25, -0.2) is 0 Å². The first-order chi connectivity index (χ1) is 6.70. The van der Waals surface area contributed by atoms with Crippen molar-refractivity contribution in [1.29, 1.82) is 0 Å². The maximum absolute atomic E-state index is 5.77. The minimum atomic E-state index is 0.389. The van der Waals surface area contributed by atoms with Crippen molar-refractivity contribution in [2.24, 2.45) is 11.7 Å². The Morgan fingerprint density at radius 1 is 0.929 bits per heavy atom. The quantitative estimate of drug-likeness (QED) is 0.556. The minimum Gasteiger partial charge on any atom is -0.328 e. The number of unbranched alkanes of at least 4 members (excludes halogenated alkanes) is 3. The van der Waals surface area contributed by atoms with Gasteiger partial charge in [0.15, 0.2) is 0 Å². The molecule has 0 fully saturated rings. The highest BCUT2D eigenvalue weighted by Crippen LogP contribution is 2.19. The lowest BCUT2D eigenvalue weighted by atomic mass is 9.92. The highest BCUT2D eigenvalue weighted by Gasteiger charge is 2.06. The predicted octanol–water partition coefficient (Wildman–Crippen LogP) is 4.11. The van der Waals surface area contributed by atoms with Crippen molar-refractivity contribution in [3.05, 3.63) is 0 Å². The van der Waals surface area contributed by atoms with E-state index in [2.05, 4.69) is 20.8 Å². The molecule has 0 aliphatic carbocycles. The smallest absolute Gasteiger partial charge is 0.00105 e. The maximum atomic E-state index is 5.77. The molecule has 1 heteroatoms. The summed E-state index contributed by atoms with van der Waals surface area (Å²) in [6.07, 6.45) is 10.9. The molecule has 2 unspecified atom stereocenters. The summed E-state index contributed by atoms with van der Waals surface area (Å²) in [6, 6.07) is 0.389. The predicted molar refractivity (Wildman–Crippen MR) is 65.4 cm³/mol. The van der Waals surface area contributed by atoms with Gasteiger partial charge in [0.2, 0.25) is 0 Å². The van der Waals surface area contributed by atoms with E-state index in [4.69, 9.17) is 5.73 Å². The third-order valence-electron chi connectivity index (χ3n) is 3.07. The molecule has 0 bridgehead atoms. The van der Waals surface area contributed by atoms with Gasteiger partial charge in [-0.15, -0.1) is 0 Å². The Morgan fingerprint density at radius 3 is 2.14 bits per heavy atom. The first-order valence-corrected chi connectivity index (χ1v) is 6.46. The summed E-state index contributed by atoms with van der Waals surface area (Å²) < 4.78 is 0. The lowest BCUT2D eigenvalue weighted by Crippen LogP contribution is -2.16. The van der Waals surface area contributed by atoms with E-state index in [-0.39, 0.29) is 0 Å². The lowest BCUT2D eigenvalue weighted by Gasteiger charge is -2.15. The first-order valence-electron chi connectivity index (χ1n) is 6.46. The fourth-order valence-electron chi connectivity index (χ4n) is 1.91. The molecule has 0 radical (unpaired) electrons. The van der Waals surface area contributed by atoms with Gasteiger partial charge < -0.3 is 5.73 Å². The zero-order chi connectivity index (χ0) is 10.8. The molecule has 14 heavy (non-hydrogen) atoms. The second-order valence-corrected chi connectivity index (χ2v) is 4.68. The van der Waals surface area contributed by atoms with Crippen LogP contribution in [0.4, 0.5) is 0 Å². The summed E-state index contributed by atoms with van der Waals surface area (Å²) in [7, 11) is 0. The Labute approximate surface area is 90.5 Å². The maximum Gasteiger partial charge on any atom is 0.00105 e. The first kappa shape index (κ1) is 14.0. The van der Waals surface area contributed by atoms with Gasteiger partial charge in [-0.05, 0) is 25.7 Å². The largest absolute Gasteiger partial charge is 0.328 e. The molecule has 0 saturated carbocycles. The van der Waals surface area contributed by atoms with Gasteiger partial charge in [-0.1, -0.05) is 52.4 Å². The lowest BCUT2D eigenvalue weighted by molar-refractivity contribution is 0.391. The van der Waals surface area contributed by atoms with Crippen LogP contribution in [0.25, 0.3) is 0 Å². The number of rotatable bonds is 9. The van der Waals surface area contributed by atoms with Crippen molar-refractivity contribution >= 4 is 0 Å². The summed E-state index contributed by atoms with van der Waals surface area (Å²) in [5.41, 5.74) is 5.77. The highest BCUT2D eigenvalue weighted by atomic mass is 14.6. The Balaban J connectivity index is 3.38. The zero-order valence-electron chi connectivity index (χ0n) is 10.4. The molecule has 0 amide bonds. The summed E-state index contributed by atoms with van der Waals surface area (Å²) in [5, 5.41) is 0. The molecule has 2 atom stereocenters. The van der Waals surface area contributed by atoms with Gasteiger partial charge >= 0.3 is 0 Å². The van der Waals surface area contributed by atoms with Crippen LogP contribution in [0.3, 0.4) is 0 Å². The van der Waals surface area contributed by atoms with Crippen molar-refractivity contribution < 1.29 is 0 Å². The molecule has 0 rings (SSSR count). The molecule has 0 aliphatic rings. The standard InChI is InChI=1S/C13H29N/c1-4-6-7-8-9-13(5-2)11-10-12(3)14/h12-13H,4-11,14H2,1-3H3. The molecular weight excluding hydrogens is 170 g/mol. The Hall–Kier alpha value is -0.0400. The molecule has 0 aromatic rings. The molecule has 0 saturated heterocycles. The van der Waals surface area contributed by atoms with Crippen LogP contribution in [-0.2, 0) is 0 Å². The van der Waals surface area contributed by atoms with E-state index in [1.807, 2.05) is 0 Å².